The van der Waals surface area contributed by atoms with Gasteiger partial charge in [-0.3, -0.25) is 0 Å². The number of thioether (sulfide) groups is 1. The molecule has 0 radical (unpaired) electrons. The van der Waals surface area contributed by atoms with E-state index in [1.165, 1.54) is 43.9 Å². The Balaban J connectivity index is 2.44. The molecule has 0 aromatic carbocycles. The molecule has 1 rings (SSSR count). The second-order valence-electron chi connectivity index (χ2n) is 5.21. The van der Waals surface area contributed by atoms with Gasteiger partial charge in [0.1, 0.15) is 0 Å². The first-order chi connectivity index (χ1) is 10.7. The van der Waals surface area contributed by atoms with Crippen molar-refractivity contribution in [1.29, 1.82) is 0 Å². The number of nitrogens with zero attached hydrogens (tertiary/aromatic N) is 2. The number of unbranched alkanes of at least 4 members (excludes halogenated alkanes) is 5. The average Bonchev–Trinajstić information content (AvgIpc) is 2.56. The van der Waals surface area contributed by atoms with Crippen LogP contribution in [0.2, 0.25) is 0 Å². The summed E-state index contributed by atoms with van der Waals surface area (Å²) in [5.41, 5.74) is 0. The number of hydrogen-bond donors (Lipinski definition) is 1. The third-order valence-corrected chi connectivity index (χ3v) is 4.54. The van der Waals surface area contributed by atoms with Gasteiger partial charge in [-0.2, -0.15) is 9.97 Å². The molecule has 0 saturated heterocycles. The molecule has 1 aromatic rings. The lowest BCUT2D eigenvalue weighted by atomic mass is 10.1. The Morgan fingerprint density at radius 3 is 2.18 bits per heavy atom. The van der Waals surface area contributed by atoms with E-state index >= 15 is 0 Å². The van der Waals surface area contributed by atoms with E-state index < -0.39 is 0 Å². The van der Waals surface area contributed by atoms with E-state index in [2.05, 4.69) is 16.9 Å². The number of aromatic nitrogens is 2. The summed E-state index contributed by atoms with van der Waals surface area (Å²) >= 11 is 1.48. The Labute approximate surface area is 137 Å². The molecule has 1 unspecified atom stereocenters. The van der Waals surface area contributed by atoms with Gasteiger partial charge in [-0.15, -0.1) is 0 Å². The summed E-state index contributed by atoms with van der Waals surface area (Å²) in [5, 5.41) is 10.2. The van der Waals surface area contributed by atoms with Crippen LogP contribution in [0.3, 0.4) is 0 Å². The van der Waals surface area contributed by atoms with E-state index in [0.717, 1.165) is 12.8 Å². The van der Waals surface area contributed by atoms with Crippen molar-refractivity contribution < 1.29 is 14.6 Å². The van der Waals surface area contributed by atoms with Crippen molar-refractivity contribution in [2.75, 3.05) is 20.8 Å². The molecule has 1 heterocycles. The molecule has 0 aliphatic heterocycles. The monoisotopic (exact) mass is 328 g/mol. The fourth-order valence-electron chi connectivity index (χ4n) is 2.13. The number of rotatable bonds is 12. The quantitative estimate of drug-likeness (QED) is 0.358. The van der Waals surface area contributed by atoms with Crippen LogP contribution in [-0.4, -0.2) is 41.2 Å². The third kappa shape index (κ3) is 7.31. The van der Waals surface area contributed by atoms with Crippen molar-refractivity contribution in [2.24, 2.45) is 0 Å². The van der Waals surface area contributed by atoms with Crippen LogP contribution in [-0.2, 0) is 0 Å². The molecule has 6 heteroatoms. The zero-order valence-electron chi connectivity index (χ0n) is 13.9. The minimum atomic E-state index is 0.114. The molecule has 0 bridgehead atoms. The summed E-state index contributed by atoms with van der Waals surface area (Å²) in [6.07, 6.45) is 8.49. The van der Waals surface area contributed by atoms with E-state index in [1.54, 1.807) is 20.3 Å². The van der Waals surface area contributed by atoms with Gasteiger partial charge in [-0.1, -0.05) is 57.2 Å². The van der Waals surface area contributed by atoms with E-state index in [9.17, 15) is 5.11 Å². The van der Waals surface area contributed by atoms with Crippen LogP contribution in [0.25, 0.3) is 0 Å². The molecule has 1 N–H and O–H groups in total. The Morgan fingerprint density at radius 2 is 1.64 bits per heavy atom. The highest BCUT2D eigenvalue weighted by atomic mass is 32.2. The van der Waals surface area contributed by atoms with Crippen molar-refractivity contribution in [1.82, 2.24) is 9.97 Å². The van der Waals surface area contributed by atoms with E-state index in [4.69, 9.17) is 9.47 Å². The largest absolute Gasteiger partial charge is 0.481 e. The maximum absolute atomic E-state index is 9.54. The number of ether oxygens (including phenoxy) is 2. The third-order valence-electron chi connectivity index (χ3n) is 3.43. The van der Waals surface area contributed by atoms with Gasteiger partial charge in [0.2, 0.25) is 11.8 Å². The maximum Gasteiger partial charge on any atom is 0.220 e. The first-order valence-corrected chi connectivity index (χ1v) is 8.86. The van der Waals surface area contributed by atoms with E-state index in [0.29, 0.717) is 16.9 Å². The van der Waals surface area contributed by atoms with E-state index in [-0.39, 0.29) is 11.9 Å². The van der Waals surface area contributed by atoms with Gasteiger partial charge in [0.05, 0.1) is 26.9 Å². The van der Waals surface area contributed by atoms with Crippen LogP contribution < -0.4 is 9.47 Å². The predicted octanol–water partition coefficient (Wildman–Crippen LogP) is 3.70. The zero-order chi connectivity index (χ0) is 16.2. The molecule has 0 spiro atoms. The second-order valence-corrected chi connectivity index (χ2v) is 6.48. The number of aliphatic hydroxyl groups excluding tert-OH is 1. The fraction of sp³-hybridized carbons (Fsp3) is 0.750. The lowest BCUT2D eigenvalue weighted by Gasteiger charge is -2.13. The van der Waals surface area contributed by atoms with Crippen molar-refractivity contribution in [2.45, 2.75) is 62.3 Å². The summed E-state index contributed by atoms with van der Waals surface area (Å²) < 4.78 is 10.3. The van der Waals surface area contributed by atoms with Crippen molar-refractivity contribution >= 4 is 11.8 Å². The first kappa shape index (κ1) is 19.0. The number of methoxy groups -OCH3 is 2. The highest BCUT2D eigenvalue weighted by Crippen LogP contribution is 2.27. The minimum Gasteiger partial charge on any atom is -0.481 e. The normalized spacial score (nSPS) is 12.2. The van der Waals surface area contributed by atoms with Gasteiger partial charge in [0.25, 0.3) is 0 Å². The lowest BCUT2D eigenvalue weighted by Crippen LogP contribution is -2.09. The van der Waals surface area contributed by atoms with Crippen molar-refractivity contribution in [3.05, 3.63) is 6.07 Å². The molecule has 126 valence electrons. The second kappa shape index (κ2) is 11.5. The highest BCUT2D eigenvalue weighted by molar-refractivity contribution is 7.99. The van der Waals surface area contributed by atoms with Crippen LogP contribution in [0.4, 0.5) is 0 Å². The van der Waals surface area contributed by atoms with Gasteiger partial charge >= 0.3 is 0 Å². The lowest BCUT2D eigenvalue weighted by molar-refractivity contribution is 0.288. The zero-order valence-corrected chi connectivity index (χ0v) is 14.7. The molecule has 0 fully saturated rings. The SMILES string of the molecule is CCCCCCCCC(CO)Sc1nc(OC)cc(OC)n1. The standard InChI is InChI=1S/C16H28N2O3S/c1-4-5-6-7-8-9-10-13(12-19)22-16-17-14(20-2)11-15(18-16)21-3/h11,13,19H,4-10,12H2,1-3H3. The Kier molecular flexibility index (Phi) is 9.99. The molecule has 0 aliphatic carbocycles. The summed E-state index contributed by atoms with van der Waals surface area (Å²) in [5.74, 6) is 0.955. The minimum absolute atomic E-state index is 0.114. The highest BCUT2D eigenvalue weighted by Gasteiger charge is 2.13. The summed E-state index contributed by atoms with van der Waals surface area (Å²) in [6, 6.07) is 1.64. The molecular formula is C16H28N2O3S. The molecule has 1 atom stereocenters. The molecule has 0 aliphatic rings. The smallest absolute Gasteiger partial charge is 0.220 e. The van der Waals surface area contributed by atoms with Crippen LogP contribution in [0.1, 0.15) is 51.9 Å². The Bertz CT molecular complexity index is 396. The number of hydrogen-bond acceptors (Lipinski definition) is 6. The van der Waals surface area contributed by atoms with Gasteiger partial charge in [0.15, 0.2) is 5.16 Å². The van der Waals surface area contributed by atoms with Crippen molar-refractivity contribution in [3.63, 3.8) is 0 Å². The molecular weight excluding hydrogens is 300 g/mol. The van der Waals surface area contributed by atoms with Gasteiger partial charge in [-0.25, -0.2) is 0 Å². The maximum atomic E-state index is 9.54. The van der Waals surface area contributed by atoms with Crippen LogP contribution in [0.5, 0.6) is 11.8 Å². The van der Waals surface area contributed by atoms with E-state index in [1.807, 2.05) is 0 Å². The van der Waals surface area contributed by atoms with Gasteiger partial charge in [-0.05, 0) is 6.42 Å². The molecule has 22 heavy (non-hydrogen) atoms. The van der Waals surface area contributed by atoms with Crippen LogP contribution in [0.15, 0.2) is 11.2 Å². The summed E-state index contributed by atoms with van der Waals surface area (Å²) in [7, 11) is 3.13. The summed E-state index contributed by atoms with van der Waals surface area (Å²) in [6.45, 7) is 2.35. The number of aliphatic hydroxyl groups is 1. The first-order valence-electron chi connectivity index (χ1n) is 7.98. The van der Waals surface area contributed by atoms with Crippen molar-refractivity contribution in [3.8, 4) is 11.8 Å². The topological polar surface area (TPSA) is 64.5 Å². The molecule has 5 nitrogen and oxygen atoms in total. The van der Waals surface area contributed by atoms with Gasteiger partial charge in [0, 0.05) is 5.25 Å². The van der Waals surface area contributed by atoms with Crippen LogP contribution in [0, 0.1) is 0 Å². The average molecular weight is 328 g/mol. The Morgan fingerprint density at radius 1 is 1.05 bits per heavy atom. The van der Waals surface area contributed by atoms with Crippen LogP contribution >= 0.6 is 11.8 Å². The molecule has 0 amide bonds. The molecule has 1 aromatic heterocycles. The Hall–Kier alpha value is -1.01. The molecule has 0 saturated carbocycles. The fourth-order valence-corrected chi connectivity index (χ4v) is 3.08. The predicted molar refractivity (Wildman–Crippen MR) is 89.9 cm³/mol. The van der Waals surface area contributed by atoms with Gasteiger partial charge < -0.3 is 14.6 Å². The summed E-state index contributed by atoms with van der Waals surface area (Å²) in [4.78, 5) is 8.59.